The largest absolute Gasteiger partial charge is 0.491 e. The molecule has 37 heavy (non-hydrogen) atoms. The molecule has 2 amide bonds. The van der Waals surface area contributed by atoms with E-state index in [4.69, 9.17) is 30.5 Å². The van der Waals surface area contributed by atoms with E-state index in [0.717, 1.165) is 10.8 Å². The summed E-state index contributed by atoms with van der Waals surface area (Å²) in [7, 11) is 9.98. The summed E-state index contributed by atoms with van der Waals surface area (Å²) in [5.41, 5.74) is -1.05. The fourth-order valence-electron chi connectivity index (χ4n) is 5.84. The summed E-state index contributed by atoms with van der Waals surface area (Å²) in [6, 6.07) is 0.783. The Labute approximate surface area is 229 Å². The van der Waals surface area contributed by atoms with Crippen LogP contribution in [-0.4, -0.2) is 90.8 Å². The van der Waals surface area contributed by atoms with Crippen LogP contribution in [0.5, 0.6) is 11.5 Å². The second-order valence-corrected chi connectivity index (χ2v) is 13.7. The minimum atomic E-state index is -1.81. The molecule has 1 aromatic rings. The number of rotatable bonds is 4. The molecule has 15 heteroatoms. The summed E-state index contributed by atoms with van der Waals surface area (Å²) < 4.78 is 23.2. The number of piperazine rings is 1. The van der Waals surface area contributed by atoms with Gasteiger partial charge in [-0.2, -0.15) is 0 Å². The Morgan fingerprint density at radius 3 is 2.35 bits per heavy atom. The number of anilines is 1. The van der Waals surface area contributed by atoms with E-state index in [1.54, 1.807) is 25.1 Å². The number of amides is 2. The SMILES string of the molecule is COc1c(Cl)cc2c(c1OC)N(C)C1N3C(=O)C4CSSSC3(C(=O)N4C)C(OC(C)=O)C21OC(C)=O. The zero-order valence-corrected chi connectivity index (χ0v) is 23.9. The number of ether oxygens (including phenoxy) is 4. The van der Waals surface area contributed by atoms with Crippen LogP contribution < -0.4 is 14.4 Å². The smallest absolute Gasteiger partial charge is 0.303 e. The van der Waals surface area contributed by atoms with Gasteiger partial charge in [-0.1, -0.05) is 22.4 Å². The molecule has 0 radical (unpaired) electrons. The minimum absolute atomic E-state index is 0.147. The highest BCUT2D eigenvalue weighted by atomic mass is 35.5. The van der Waals surface area contributed by atoms with E-state index in [9.17, 15) is 19.2 Å². The molecule has 5 aliphatic rings. The third kappa shape index (κ3) is 3.24. The van der Waals surface area contributed by atoms with Gasteiger partial charge in [0.15, 0.2) is 23.8 Å². The Kier molecular flexibility index (Phi) is 6.40. The molecule has 5 heterocycles. The first-order chi connectivity index (χ1) is 17.5. The number of nitrogens with zero attached hydrogens (tertiary/aromatic N) is 3. The van der Waals surface area contributed by atoms with Crippen molar-refractivity contribution in [1.82, 2.24) is 9.80 Å². The van der Waals surface area contributed by atoms with Gasteiger partial charge in [-0.05, 0) is 26.7 Å². The lowest BCUT2D eigenvalue weighted by Crippen LogP contribution is -2.73. The normalized spacial score (nSPS) is 31.9. The van der Waals surface area contributed by atoms with Gasteiger partial charge in [0.05, 0.1) is 24.9 Å². The van der Waals surface area contributed by atoms with Gasteiger partial charge in [0.1, 0.15) is 6.04 Å². The summed E-state index contributed by atoms with van der Waals surface area (Å²) in [5, 5.41) is 0.147. The van der Waals surface area contributed by atoms with Crippen molar-refractivity contribution in [2.24, 2.45) is 0 Å². The zero-order chi connectivity index (χ0) is 27.0. The van der Waals surface area contributed by atoms with E-state index < -0.39 is 46.6 Å². The molecule has 5 unspecified atom stereocenters. The van der Waals surface area contributed by atoms with Gasteiger partial charge in [0.25, 0.3) is 5.91 Å². The van der Waals surface area contributed by atoms with Gasteiger partial charge in [0, 0.05) is 39.3 Å². The van der Waals surface area contributed by atoms with Crippen molar-refractivity contribution in [1.29, 1.82) is 0 Å². The van der Waals surface area contributed by atoms with Crippen molar-refractivity contribution in [3.8, 4) is 11.5 Å². The Balaban J connectivity index is 1.91. The molecule has 0 aromatic heterocycles. The third-order valence-corrected chi connectivity index (χ3v) is 12.0. The summed E-state index contributed by atoms with van der Waals surface area (Å²) in [6.45, 7) is 2.42. The molecule has 1 aromatic carbocycles. The van der Waals surface area contributed by atoms with E-state index in [0.29, 0.717) is 17.0 Å². The molecule has 2 bridgehead atoms. The van der Waals surface area contributed by atoms with Crippen molar-refractivity contribution in [3.05, 3.63) is 16.7 Å². The molecule has 4 saturated heterocycles. The average Bonchev–Trinajstić information content (AvgIpc) is 3.19. The van der Waals surface area contributed by atoms with Crippen molar-refractivity contribution in [3.63, 3.8) is 0 Å². The maximum Gasteiger partial charge on any atom is 0.303 e. The number of benzene rings is 1. The number of carbonyl (C=O) groups is 4. The maximum atomic E-state index is 14.1. The van der Waals surface area contributed by atoms with Gasteiger partial charge < -0.3 is 28.7 Å². The molecular weight excluding hydrogens is 566 g/mol. The van der Waals surface area contributed by atoms with Crippen LogP contribution >= 0.6 is 43.0 Å². The van der Waals surface area contributed by atoms with Crippen molar-refractivity contribution in [2.75, 3.05) is 39.0 Å². The summed E-state index contributed by atoms with van der Waals surface area (Å²) in [4.78, 5) is 56.4. The van der Waals surface area contributed by atoms with Crippen LogP contribution in [0.15, 0.2) is 6.07 Å². The summed E-state index contributed by atoms with van der Waals surface area (Å²) in [5.74, 6) is -1.34. The second kappa shape index (κ2) is 8.95. The van der Waals surface area contributed by atoms with Gasteiger partial charge in [-0.3, -0.25) is 24.1 Å². The minimum Gasteiger partial charge on any atom is -0.491 e. The molecule has 5 aliphatic heterocycles. The molecule has 0 saturated carbocycles. The van der Waals surface area contributed by atoms with Crippen LogP contribution in [0.2, 0.25) is 5.02 Å². The van der Waals surface area contributed by atoms with Gasteiger partial charge in [-0.15, -0.1) is 0 Å². The van der Waals surface area contributed by atoms with Crippen LogP contribution in [-0.2, 0) is 34.3 Å². The molecule has 1 spiro atoms. The number of methoxy groups -OCH3 is 2. The van der Waals surface area contributed by atoms with Gasteiger partial charge in [-0.25, -0.2) is 0 Å². The highest BCUT2D eigenvalue weighted by Crippen LogP contribution is 2.68. The lowest BCUT2D eigenvalue weighted by atomic mass is 9.86. The number of carbonyl (C=O) groups excluding carboxylic acids is 4. The zero-order valence-electron chi connectivity index (χ0n) is 20.7. The number of hydrogen-bond acceptors (Lipinski definition) is 12. The lowest BCUT2D eigenvalue weighted by Gasteiger charge is -2.51. The molecule has 0 N–H and O–H groups in total. The number of likely N-dealkylation sites (N-methyl/N-ethyl adjacent to an activating group) is 2. The van der Waals surface area contributed by atoms with Crippen LogP contribution in [0, 0.1) is 0 Å². The Morgan fingerprint density at radius 1 is 1.08 bits per heavy atom. The third-order valence-electron chi connectivity index (χ3n) is 7.09. The highest BCUT2D eigenvalue weighted by Gasteiger charge is 2.82. The second-order valence-electron chi connectivity index (χ2n) is 8.95. The van der Waals surface area contributed by atoms with Crippen molar-refractivity contribution >= 4 is 72.5 Å². The maximum absolute atomic E-state index is 14.1. The first kappa shape index (κ1) is 26.4. The fraction of sp³-hybridized carbons (Fsp3) is 0.545. The summed E-state index contributed by atoms with van der Waals surface area (Å²) >= 11 is 6.60. The standard InChI is InChI=1S/C22H24ClN3O8S3/c1-9(27)33-18-21(34-10(2)28)11-7-12(23)15(31-5)16(32-6)14(11)25(4)19(21)26-17(29)13-8-35-37-36-22(18,26)20(30)24(13)3/h7,13,18-19H,8H2,1-6H3. The number of hydrogen-bond donors (Lipinski definition) is 0. The topological polar surface area (TPSA) is 115 Å². The monoisotopic (exact) mass is 589 g/mol. The first-order valence-electron chi connectivity index (χ1n) is 11.1. The van der Waals surface area contributed by atoms with Gasteiger partial charge in [0.2, 0.25) is 16.4 Å². The summed E-state index contributed by atoms with van der Waals surface area (Å²) in [6.07, 6.45) is -2.48. The van der Waals surface area contributed by atoms with Crippen molar-refractivity contribution < 1.29 is 38.1 Å². The van der Waals surface area contributed by atoms with Gasteiger partial charge >= 0.3 is 11.9 Å². The molecule has 4 fully saturated rings. The molecule has 200 valence electrons. The Hall–Kier alpha value is -2.16. The average molecular weight is 590 g/mol. The fourth-order valence-corrected chi connectivity index (χ4v) is 11.2. The molecule has 0 aliphatic carbocycles. The molecule has 5 atom stereocenters. The van der Waals surface area contributed by atoms with E-state index in [-0.39, 0.29) is 22.4 Å². The lowest BCUT2D eigenvalue weighted by molar-refractivity contribution is -0.185. The van der Waals surface area contributed by atoms with Crippen LogP contribution in [0.1, 0.15) is 19.4 Å². The molecule has 11 nitrogen and oxygen atoms in total. The van der Waals surface area contributed by atoms with Crippen LogP contribution in [0.4, 0.5) is 5.69 Å². The number of halogens is 1. The van der Waals surface area contributed by atoms with Crippen LogP contribution in [0.25, 0.3) is 0 Å². The van der Waals surface area contributed by atoms with E-state index in [1.165, 1.54) is 58.5 Å². The predicted octanol–water partition coefficient (Wildman–Crippen LogP) is 2.25. The Bertz CT molecular complexity index is 1240. The quantitative estimate of drug-likeness (QED) is 0.379. The van der Waals surface area contributed by atoms with E-state index in [2.05, 4.69) is 0 Å². The Morgan fingerprint density at radius 2 is 1.76 bits per heavy atom. The van der Waals surface area contributed by atoms with Crippen molar-refractivity contribution in [2.45, 2.75) is 42.6 Å². The number of esters is 2. The molecular formula is C22H24ClN3O8S3. The predicted molar refractivity (Wildman–Crippen MR) is 140 cm³/mol. The van der Waals surface area contributed by atoms with Crippen LogP contribution in [0.3, 0.4) is 0 Å². The molecule has 6 rings (SSSR count). The first-order valence-corrected chi connectivity index (χ1v) is 15.1. The highest BCUT2D eigenvalue weighted by molar-refractivity contribution is 9.09. The van der Waals surface area contributed by atoms with E-state index in [1.807, 2.05) is 0 Å². The number of fused-ring (bicyclic) bond motifs is 7. The van der Waals surface area contributed by atoms with E-state index >= 15 is 0 Å².